The van der Waals surface area contributed by atoms with E-state index < -0.39 is 0 Å². The monoisotopic (exact) mass is 275 g/mol. The number of piperidine rings is 1. The molecule has 1 heterocycles. The Morgan fingerprint density at radius 1 is 1.25 bits per heavy atom. The summed E-state index contributed by atoms with van der Waals surface area (Å²) in [5, 5.41) is 2.60. The van der Waals surface area contributed by atoms with Gasteiger partial charge in [0.15, 0.2) is 0 Å². The number of rotatable bonds is 4. The molecule has 108 valence electrons. The maximum atomic E-state index is 11.4. The zero-order chi connectivity index (χ0) is 14.5. The van der Waals surface area contributed by atoms with Gasteiger partial charge in [0.25, 0.3) is 5.91 Å². The Balaban J connectivity index is 1.88. The van der Waals surface area contributed by atoms with Crippen LogP contribution in [-0.2, 0) is 11.3 Å². The van der Waals surface area contributed by atoms with Crippen molar-refractivity contribution in [1.29, 1.82) is 0 Å². The van der Waals surface area contributed by atoms with Gasteiger partial charge in [-0.2, -0.15) is 0 Å². The van der Waals surface area contributed by atoms with Crippen LogP contribution in [0, 0.1) is 5.92 Å². The Labute approximate surface area is 119 Å². The fraction of sp³-hybridized carbons (Fsp3) is 0.467. The van der Waals surface area contributed by atoms with Crippen LogP contribution in [0.15, 0.2) is 24.3 Å². The lowest BCUT2D eigenvalue weighted by molar-refractivity contribution is -0.123. The summed E-state index contributed by atoms with van der Waals surface area (Å²) < 4.78 is 0. The number of likely N-dealkylation sites (tertiary alicyclic amines) is 1. The van der Waals surface area contributed by atoms with Gasteiger partial charge in [0.05, 0.1) is 0 Å². The molecule has 0 spiro atoms. The van der Waals surface area contributed by atoms with Crippen LogP contribution in [0.25, 0.3) is 0 Å². The second-order valence-corrected chi connectivity index (χ2v) is 5.23. The van der Waals surface area contributed by atoms with Crippen molar-refractivity contribution in [1.82, 2.24) is 10.2 Å². The molecule has 1 fully saturated rings. The first-order chi connectivity index (χ1) is 9.60. The number of nitrogens with zero attached hydrogens (tertiary/aromatic N) is 1. The Hall–Kier alpha value is -1.88. The summed E-state index contributed by atoms with van der Waals surface area (Å²) in [6, 6.07) is 7.63. The van der Waals surface area contributed by atoms with E-state index in [1.807, 2.05) is 24.3 Å². The molecule has 1 saturated heterocycles. The summed E-state index contributed by atoms with van der Waals surface area (Å²) in [4.78, 5) is 24.9. The number of benzene rings is 1. The van der Waals surface area contributed by atoms with Crippen LogP contribution in [0.2, 0.25) is 0 Å². The van der Waals surface area contributed by atoms with Gasteiger partial charge in [-0.1, -0.05) is 12.1 Å². The predicted octanol–water partition coefficient (Wildman–Crippen LogP) is 0.744. The Morgan fingerprint density at radius 2 is 1.85 bits per heavy atom. The van der Waals surface area contributed by atoms with E-state index in [0.29, 0.717) is 5.56 Å². The van der Waals surface area contributed by atoms with Crippen LogP contribution >= 0.6 is 0 Å². The molecule has 0 atom stereocenters. The molecule has 2 rings (SSSR count). The topological polar surface area (TPSA) is 75.4 Å². The van der Waals surface area contributed by atoms with Gasteiger partial charge in [0.1, 0.15) is 0 Å². The zero-order valence-corrected chi connectivity index (χ0v) is 11.8. The molecule has 0 aliphatic carbocycles. The van der Waals surface area contributed by atoms with E-state index in [4.69, 9.17) is 5.73 Å². The zero-order valence-electron chi connectivity index (χ0n) is 11.8. The van der Waals surface area contributed by atoms with Gasteiger partial charge in [0, 0.05) is 25.1 Å². The maximum Gasteiger partial charge on any atom is 0.251 e. The van der Waals surface area contributed by atoms with Crippen molar-refractivity contribution in [2.24, 2.45) is 11.7 Å². The van der Waals surface area contributed by atoms with Crippen LogP contribution < -0.4 is 11.1 Å². The standard InChI is InChI=1S/C15H21N3O2/c1-17-15(20)13-4-2-11(3-5-13)10-18-8-6-12(7-9-18)14(16)19/h2-5,12H,6-10H2,1H3,(H2,16,19)(H,17,20). The van der Waals surface area contributed by atoms with Crippen molar-refractivity contribution in [3.8, 4) is 0 Å². The average molecular weight is 275 g/mol. The lowest BCUT2D eigenvalue weighted by atomic mass is 9.96. The molecule has 20 heavy (non-hydrogen) atoms. The van der Waals surface area contributed by atoms with Crippen molar-refractivity contribution in [2.45, 2.75) is 19.4 Å². The number of amides is 2. The number of carbonyl (C=O) groups excluding carboxylic acids is 2. The van der Waals surface area contributed by atoms with E-state index in [-0.39, 0.29) is 17.7 Å². The third-order valence-corrected chi connectivity index (χ3v) is 3.84. The van der Waals surface area contributed by atoms with Gasteiger partial charge in [-0.05, 0) is 43.6 Å². The summed E-state index contributed by atoms with van der Waals surface area (Å²) in [5.41, 5.74) is 7.17. The Kier molecular flexibility index (Phi) is 4.74. The minimum Gasteiger partial charge on any atom is -0.369 e. The fourth-order valence-electron chi connectivity index (χ4n) is 2.54. The highest BCUT2D eigenvalue weighted by atomic mass is 16.2. The molecule has 5 heteroatoms. The number of carbonyl (C=O) groups is 2. The summed E-state index contributed by atoms with van der Waals surface area (Å²) >= 11 is 0. The van der Waals surface area contributed by atoms with E-state index >= 15 is 0 Å². The molecule has 0 saturated carbocycles. The second-order valence-electron chi connectivity index (χ2n) is 5.23. The first kappa shape index (κ1) is 14.5. The van der Waals surface area contributed by atoms with Gasteiger partial charge < -0.3 is 11.1 Å². The van der Waals surface area contributed by atoms with Crippen molar-refractivity contribution < 1.29 is 9.59 Å². The van der Waals surface area contributed by atoms with Gasteiger partial charge in [0.2, 0.25) is 5.91 Å². The molecule has 1 aliphatic rings. The van der Waals surface area contributed by atoms with Crippen molar-refractivity contribution in [3.05, 3.63) is 35.4 Å². The molecule has 0 unspecified atom stereocenters. The number of nitrogens with two attached hydrogens (primary N) is 1. The molecular weight excluding hydrogens is 254 g/mol. The average Bonchev–Trinajstić information content (AvgIpc) is 2.48. The van der Waals surface area contributed by atoms with E-state index in [9.17, 15) is 9.59 Å². The van der Waals surface area contributed by atoms with Gasteiger partial charge in [-0.25, -0.2) is 0 Å². The van der Waals surface area contributed by atoms with Crippen molar-refractivity contribution >= 4 is 11.8 Å². The lowest BCUT2D eigenvalue weighted by Gasteiger charge is -2.30. The van der Waals surface area contributed by atoms with Crippen molar-refractivity contribution in [3.63, 3.8) is 0 Å². The van der Waals surface area contributed by atoms with Crippen molar-refractivity contribution in [2.75, 3.05) is 20.1 Å². The fourth-order valence-corrected chi connectivity index (χ4v) is 2.54. The summed E-state index contributed by atoms with van der Waals surface area (Å²) in [7, 11) is 1.62. The van der Waals surface area contributed by atoms with Crippen LogP contribution in [0.5, 0.6) is 0 Å². The quantitative estimate of drug-likeness (QED) is 0.851. The van der Waals surface area contributed by atoms with E-state index in [1.54, 1.807) is 7.05 Å². The van der Waals surface area contributed by atoms with E-state index in [2.05, 4.69) is 10.2 Å². The third-order valence-electron chi connectivity index (χ3n) is 3.84. The molecule has 1 aromatic carbocycles. The highest BCUT2D eigenvalue weighted by Crippen LogP contribution is 2.18. The highest BCUT2D eigenvalue weighted by Gasteiger charge is 2.22. The van der Waals surface area contributed by atoms with Crippen LogP contribution in [-0.4, -0.2) is 36.9 Å². The van der Waals surface area contributed by atoms with E-state index in [1.165, 1.54) is 5.56 Å². The minimum atomic E-state index is -0.181. The van der Waals surface area contributed by atoms with Gasteiger partial charge in [-0.3, -0.25) is 14.5 Å². The molecule has 0 bridgehead atoms. The molecule has 3 N–H and O–H groups in total. The smallest absolute Gasteiger partial charge is 0.251 e. The summed E-state index contributed by atoms with van der Waals surface area (Å²) in [6.45, 7) is 2.63. The van der Waals surface area contributed by atoms with Gasteiger partial charge in [-0.15, -0.1) is 0 Å². The third kappa shape index (κ3) is 3.57. The van der Waals surface area contributed by atoms with Crippen LogP contribution in [0.3, 0.4) is 0 Å². The Bertz CT molecular complexity index is 476. The number of nitrogens with one attached hydrogen (secondary N) is 1. The molecule has 2 amide bonds. The number of hydrogen-bond donors (Lipinski definition) is 2. The lowest BCUT2D eigenvalue weighted by Crippen LogP contribution is -2.38. The maximum absolute atomic E-state index is 11.4. The summed E-state index contributed by atoms with van der Waals surface area (Å²) in [6.07, 6.45) is 1.68. The SMILES string of the molecule is CNC(=O)c1ccc(CN2CCC(C(N)=O)CC2)cc1. The molecule has 1 aliphatic heterocycles. The second kappa shape index (κ2) is 6.52. The normalized spacial score (nSPS) is 16.9. The van der Waals surface area contributed by atoms with Gasteiger partial charge >= 0.3 is 0 Å². The molecule has 0 aromatic heterocycles. The highest BCUT2D eigenvalue weighted by molar-refractivity contribution is 5.93. The first-order valence-corrected chi connectivity index (χ1v) is 6.93. The van der Waals surface area contributed by atoms with Crippen LogP contribution in [0.4, 0.5) is 0 Å². The molecule has 5 nitrogen and oxygen atoms in total. The summed E-state index contributed by atoms with van der Waals surface area (Å²) in [5.74, 6) is -0.222. The minimum absolute atomic E-state index is 0.0295. The van der Waals surface area contributed by atoms with Crippen LogP contribution in [0.1, 0.15) is 28.8 Å². The molecule has 0 radical (unpaired) electrons. The first-order valence-electron chi connectivity index (χ1n) is 6.93. The predicted molar refractivity (Wildman–Crippen MR) is 77.0 cm³/mol. The van der Waals surface area contributed by atoms with E-state index in [0.717, 1.165) is 32.5 Å². The molecule has 1 aromatic rings. The number of primary amides is 1. The molecular formula is C15H21N3O2. The number of hydrogen-bond acceptors (Lipinski definition) is 3. The largest absolute Gasteiger partial charge is 0.369 e. The Morgan fingerprint density at radius 3 is 2.35 bits per heavy atom.